The van der Waals surface area contributed by atoms with Crippen molar-refractivity contribution in [3.63, 3.8) is 0 Å². The van der Waals surface area contributed by atoms with E-state index in [0.717, 1.165) is 0 Å². The van der Waals surface area contributed by atoms with E-state index in [1.54, 1.807) is 6.07 Å². The zero-order chi connectivity index (χ0) is 11.6. The lowest BCUT2D eigenvalue weighted by Gasteiger charge is -2.10. The fraction of sp³-hybridized carbons (Fsp3) is 0.111. The van der Waals surface area contributed by atoms with Gasteiger partial charge in [-0.3, -0.25) is 4.79 Å². The maximum atomic E-state index is 10.9. The Labute approximate surface area is 99.8 Å². The van der Waals surface area contributed by atoms with Gasteiger partial charge < -0.3 is 16.2 Å². The zero-order valence-electron chi connectivity index (χ0n) is 7.87. The van der Waals surface area contributed by atoms with Gasteiger partial charge in [0.1, 0.15) is 0 Å². The van der Waals surface area contributed by atoms with Gasteiger partial charge >= 0.3 is 5.97 Å². The van der Waals surface area contributed by atoms with Gasteiger partial charge in [-0.15, -0.1) is 0 Å². The molecule has 0 bridgehead atoms. The lowest BCUT2D eigenvalue weighted by Crippen LogP contribution is -2.12. The highest BCUT2D eigenvalue weighted by molar-refractivity contribution is 14.1. The highest BCUT2D eigenvalue weighted by Crippen LogP contribution is 2.28. The summed E-state index contributed by atoms with van der Waals surface area (Å²) in [7, 11) is 0. The molecule has 1 aromatic rings. The number of carboxylic acids is 1. The van der Waals surface area contributed by atoms with Crippen LogP contribution in [0.2, 0.25) is 0 Å². The first-order valence-electron chi connectivity index (χ1n) is 4.02. The molecule has 6 heteroatoms. The Morgan fingerprint density at radius 2 is 2.07 bits per heavy atom. The van der Waals surface area contributed by atoms with Gasteiger partial charge in [0.2, 0.25) is 5.91 Å². The number of carboxylic acid groups (broad SMARTS) is 1. The first-order valence-corrected chi connectivity index (χ1v) is 5.10. The molecular formula is C9H9IN2O3. The van der Waals surface area contributed by atoms with E-state index in [1.807, 2.05) is 22.6 Å². The van der Waals surface area contributed by atoms with Crippen LogP contribution < -0.4 is 11.1 Å². The van der Waals surface area contributed by atoms with E-state index in [4.69, 9.17) is 10.8 Å². The van der Waals surface area contributed by atoms with Gasteiger partial charge in [0.25, 0.3) is 0 Å². The summed E-state index contributed by atoms with van der Waals surface area (Å²) in [5, 5.41) is 11.3. The maximum Gasteiger partial charge on any atom is 0.337 e. The number of carbonyl (C=O) groups excluding carboxylic acids is 1. The number of nitrogens with one attached hydrogen (secondary N) is 1. The largest absolute Gasteiger partial charge is 0.478 e. The van der Waals surface area contributed by atoms with E-state index in [2.05, 4.69) is 5.32 Å². The van der Waals surface area contributed by atoms with Gasteiger partial charge in [-0.2, -0.15) is 0 Å². The first-order chi connectivity index (χ1) is 6.93. The van der Waals surface area contributed by atoms with Crippen LogP contribution in [0.15, 0.2) is 12.1 Å². The fourth-order valence-electron chi connectivity index (χ4n) is 1.08. The molecule has 0 saturated heterocycles. The second-order valence-electron chi connectivity index (χ2n) is 2.87. The van der Waals surface area contributed by atoms with Gasteiger partial charge in [0, 0.05) is 10.5 Å². The summed E-state index contributed by atoms with van der Waals surface area (Å²) < 4.78 is 0.699. The molecule has 0 heterocycles. The number of rotatable bonds is 2. The van der Waals surface area contributed by atoms with Crippen LogP contribution in [0.1, 0.15) is 17.3 Å². The first kappa shape index (κ1) is 11.8. The van der Waals surface area contributed by atoms with E-state index in [-0.39, 0.29) is 17.2 Å². The molecule has 0 saturated carbocycles. The van der Waals surface area contributed by atoms with Crippen molar-refractivity contribution in [2.75, 3.05) is 11.1 Å². The van der Waals surface area contributed by atoms with E-state index >= 15 is 0 Å². The predicted molar refractivity (Wildman–Crippen MR) is 64.8 cm³/mol. The number of anilines is 2. The molecule has 1 amide bonds. The molecule has 5 nitrogen and oxygen atoms in total. The summed E-state index contributed by atoms with van der Waals surface area (Å²) in [6, 6.07) is 3.00. The molecule has 0 aliphatic carbocycles. The number of nitrogen functional groups attached to an aromatic ring is 1. The lowest BCUT2D eigenvalue weighted by molar-refractivity contribution is -0.114. The average Bonchev–Trinajstić information content (AvgIpc) is 2.11. The molecule has 4 N–H and O–H groups in total. The number of amides is 1. The van der Waals surface area contributed by atoms with Crippen molar-refractivity contribution in [3.8, 4) is 0 Å². The van der Waals surface area contributed by atoms with Crippen molar-refractivity contribution in [2.24, 2.45) is 0 Å². The van der Waals surface area contributed by atoms with Crippen molar-refractivity contribution >= 4 is 45.8 Å². The molecule has 0 radical (unpaired) electrons. The third-order valence-corrected chi connectivity index (χ3v) is 2.63. The summed E-state index contributed by atoms with van der Waals surface area (Å²) in [6.45, 7) is 1.34. The van der Waals surface area contributed by atoms with Gasteiger partial charge in [0.05, 0.1) is 16.9 Å². The summed E-state index contributed by atoms with van der Waals surface area (Å²) in [6.07, 6.45) is 0. The lowest BCUT2D eigenvalue weighted by atomic mass is 10.1. The number of nitrogens with two attached hydrogens (primary N) is 1. The minimum atomic E-state index is -1.12. The average molecular weight is 320 g/mol. The van der Waals surface area contributed by atoms with Crippen LogP contribution in [0.4, 0.5) is 11.4 Å². The zero-order valence-corrected chi connectivity index (χ0v) is 10.0. The van der Waals surface area contributed by atoms with Crippen molar-refractivity contribution < 1.29 is 14.7 Å². The van der Waals surface area contributed by atoms with Crippen LogP contribution in [-0.2, 0) is 4.79 Å². The minimum absolute atomic E-state index is 0.0147. The highest BCUT2D eigenvalue weighted by Gasteiger charge is 2.14. The van der Waals surface area contributed by atoms with Crippen molar-refractivity contribution in [1.82, 2.24) is 0 Å². The number of benzene rings is 1. The van der Waals surface area contributed by atoms with Crippen LogP contribution in [-0.4, -0.2) is 17.0 Å². The van der Waals surface area contributed by atoms with E-state index in [0.29, 0.717) is 9.26 Å². The Hall–Kier alpha value is -1.31. The Bertz CT molecular complexity index is 432. The number of hydrogen-bond donors (Lipinski definition) is 3. The summed E-state index contributed by atoms with van der Waals surface area (Å²) in [4.78, 5) is 21.7. The Morgan fingerprint density at radius 1 is 1.47 bits per heavy atom. The summed E-state index contributed by atoms with van der Waals surface area (Å²) in [5.41, 5.74) is 6.04. The molecule has 0 aliphatic rings. The minimum Gasteiger partial charge on any atom is -0.478 e. The number of carbonyl (C=O) groups is 2. The van der Waals surface area contributed by atoms with Crippen LogP contribution in [0, 0.1) is 3.57 Å². The molecule has 0 spiro atoms. The highest BCUT2D eigenvalue weighted by atomic mass is 127. The van der Waals surface area contributed by atoms with Gasteiger partial charge in [-0.05, 0) is 34.7 Å². The summed E-state index contributed by atoms with van der Waals surface area (Å²) in [5.74, 6) is -1.40. The van der Waals surface area contributed by atoms with Gasteiger partial charge in [-0.25, -0.2) is 4.79 Å². The third-order valence-electron chi connectivity index (χ3n) is 1.73. The third kappa shape index (κ3) is 2.58. The van der Waals surface area contributed by atoms with Gasteiger partial charge in [0.15, 0.2) is 0 Å². The number of halogens is 1. The van der Waals surface area contributed by atoms with Crippen molar-refractivity contribution in [1.29, 1.82) is 0 Å². The van der Waals surface area contributed by atoms with Crippen LogP contribution in [0.25, 0.3) is 0 Å². The van der Waals surface area contributed by atoms with Crippen LogP contribution in [0.3, 0.4) is 0 Å². The summed E-state index contributed by atoms with van der Waals surface area (Å²) >= 11 is 1.97. The standard InChI is InChI=1S/C9H9IN2O3/c1-4(13)12-8-6(10)3-2-5(7(8)11)9(14)15/h2-3H,11H2,1H3,(H,12,13)(H,14,15). The SMILES string of the molecule is CC(=O)Nc1c(I)ccc(C(=O)O)c1N. The molecule has 0 aromatic heterocycles. The molecule has 1 rings (SSSR count). The molecule has 15 heavy (non-hydrogen) atoms. The Morgan fingerprint density at radius 3 is 2.53 bits per heavy atom. The molecule has 0 unspecified atom stereocenters. The number of hydrogen-bond acceptors (Lipinski definition) is 3. The molecule has 0 aliphatic heterocycles. The van der Waals surface area contributed by atoms with Crippen molar-refractivity contribution in [2.45, 2.75) is 6.92 Å². The molecule has 0 fully saturated rings. The van der Waals surface area contributed by atoms with Crippen molar-refractivity contribution in [3.05, 3.63) is 21.3 Å². The molecular weight excluding hydrogens is 311 g/mol. The second kappa shape index (κ2) is 4.47. The normalized spacial score (nSPS) is 9.73. The van der Waals surface area contributed by atoms with Gasteiger partial charge in [-0.1, -0.05) is 0 Å². The maximum absolute atomic E-state index is 10.9. The van der Waals surface area contributed by atoms with Crippen LogP contribution >= 0.6 is 22.6 Å². The Kier molecular flexibility index (Phi) is 3.51. The topological polar surface area (TPSA) is 92.4 Å². The smallest absolute Gasteiger partial charge is 0.337 e. The molecule has 1 aromatic carbocycles. The monoisotopic (exact) mass is 320 g/mol. The Balaban J connectivity index is 3.29. The van der Waals surface area contributed by atoms with E-state index < -0.39 is 5.97 Å². The molecule has 80 valence electrons. The fourth-order valence-corrected chi connectivity index (χ4v) is 1.69. The van der Waals surface area contributed by atoms with E-state index in [1.165, 1.54) is 13.0 Å². The second-order valence-corrected chi connectivity index (χ2v) is 4.03. The quantitative estimate of drug-likeness (QED) is 0.569. The predicted octanol–water partition coefficient (Wildman–Crippen LogP) is 1.53. The molecule has 0 atom stereocenters. The number of aromatic carboxylic acids is 1. The van der Waals surface area contributed by atoms with Crippen LogP contribution in [0.5, 0.6) is 0 Å². The van der Waals surface area contributed by atoms with E-state index in [9.17, 15) is 9.59 Å².